The molecule has 4 heteroatoms. The van der Waals surface area contributed by atoms with Crippen LogP contribution < -0.4 is 5.32 Å². The third-order valence-corrected chi connectivity index (χ3v) is 3.91. The standard InChI is InChI=1S/C14H22N4/c1-10-7-11(2)17-14(16-10)15-8-12-5-6-18(9-12)13-3-4-13/h7,12-13H,3-6,8-9H2,1-2H3,(H,15,16,17). The molecule has 1 aromatic heterocycles. The summed E-state index contributed by atoms with van der Waals surface area (Å²) in [7, 11) is 0. The first-order valence-electron chi connectivity index (χ1n) is 7.01. The van der Waals surface area contributed by atoms with Crippen molar-refractivity contribution < 1.29 is 0 Å². The van der Waals surface area contributed by atoms with Gasteiger partial charge in [0.2, 0.25) is 5.95 Å². The van der Waals surface area contributed by atoms with Crippen LogP contribution in [0.5, 0.6) is 0 Å². The Labute approximate surface area is 109 Å². The highest BCUT2D eigenvalue weighted by molar-refractivity contribution is 5.27. The Morgan fingerprint density at radius 2 is 1.94 bits per heavy atom. The van der Waals surface area contributed by atoms with E-state index in [1.165, 1.54) is 32.4 Å². The summed E-state index contributed by atoms with van der Waals surface area (Å²) >= 11 is 0. The van der Waals surface area contributed by atoms with E-state index in [4.69, 9.17) is 0 Å². The molecule has 1 aliphatic carbocycles. The molecule has 0 spiro atoms. The van der Waals surface area contributed by atoms with E-state index in [1.807, 2.05) is 19.9 Å². The Kier molecular flexibility index (Phi) is 3.20. The number of hydrogen-bond acceptors (Lipinski definition) is 4. The second-order valence-corrected chi connectivity index (χ2v) is 5.74. The molecule has 2 heterocycles. The SMILES string of the molecule is Cc1cc(C)nc(NCC2CCN(C3CC3)C2)n1. The predicted octanol–water partition coefficient (Wildman–Crippen LogP) is 1.99. The summed E-state index contributed by atoms with van der Waals surface area (Å²) < 4.78 is 0. The fourth-order valence-electron chi connectivity index (χ4n) is 2.84. The van der Waals surface area contributed by atoms with E-state index in [0.717, 1.165) is 35.8 Å². The fraction of sp³-hybridized carbons (Fsp3) is 0.714. The molecule has 1 saturated carbocycles. The molecule has 0 aromatic carbocycles. The van der Waals surface area contributed by atoms with E-state index in [-0.39, 0.29) is 0 Å². The van der Waals surface area contributed by atoms with Gasteiger partial charge in [-0.05, 0) is 51.6 Å². The van der Waals surface area contributed by atoms with Gasteiger partial charge in [-0.1, -0.05) is 0 Å². The maximum Gasteiger partial charge on any atom is 0.223 e. The zero-order chi connectivity index (χ0) is 12.5. The fourth-order valence-corrected chi connectivity index (χ4v) is 2.84. The van der Waals surface area contributed by atoms with Crippen LogP contribution in [0.4, 0.5) is 5.95 Å². The summed E-state index contributed by atoms with van der Waals surface area (Å²) in [5, 5.41) is 3.40. The monoisotopic (exact) mass is 246 g/mol. The van der Waals surface area contributed by atoms with E-state index in [2.05, 4.69) is 20.2 Å². The minimum absolute atomic E-state index is 0.759. The minimum Gasteiger partial charge on any atom is -0.354 e. The molecule has 2 fully saturated rings. The maximum absolute atomic E-state index is 4.43. The average molecular weight is 246 g/mol. The number of nitrogens with one attached hydrogen (secondary N) is 1. The van der Waals surface area contributed by atoms with Gasteiger partial charge in [0.15, 0.2) is 0 Å². The molecule has 2 aliphatic rings. The van der Waals surface area contributed by atoms with Crippen molar-refractivity contribution in [2.24, 2.45) is 5.92 Å². The van der Waals surface area contributed by atoms with Crippen LogP contribution in [0.2, 0.25) is 0 Å². The number of likely N-dealkylation sites (tertiary alicyclic amines) is 1. The van der Waals surface area contributed by atoms with Gasteiger partial charge in [0, 0.05) is 30.5 Å². The molecule has 0 bridgehead atoms. The summed E-state index contributed by atoms with van der Waals surface area (Å²) in [5.74, 6) is 1.55. The molecule has 98 valence electrons. The molecular formula is C14H22N4. The average Bonchev–Trinajstić information content (AvgIpc) is 3.05. The topological polar surface area (TPSA) is 41.1 Å². The number of aryl methyl sites for hydroxylation is 2. The maximum atomic E-state index is 4.43. The van der Waals surface area contributed by atoms with Crippen molar-refractivity contribution in [3.8, 4) is 0 Å². The van der Waals surface area contributed by atoms with Gasteiger partial charge < -0.3 is 10.2 Å². The molecule has 1 saturated heterocycles. The lowest BCUT2D eigenvalue weighted by Gasteiger charge is -2.15. The van der Waals surface area contributed by atoms with E-state index >= 15 is 0 Å². The zero-order valence-corrected chi connectivity index (χ0v) is 11.3. The Bertz CT molecular complexity index is 408. The number of hydrogen-bond donors (Lipinski definition) is 1. The highest BCUT2D eigenvalue weighted by Crippen LogP contribution is 2.31. The number of nitrogens with zero attached hydrogens (tertiary/aromatic N) is 3. The number of anilines is 1. The third-order valence-electron chi connectivity index (χ3n) is 3.91. The van der Waals surface area contributed by atoms with Gasteiger partial charge in [-0.25, -0.2) is 9.97 Å². The van der Waals surface area contributed by atoms with Crippen LogP contribution in [0.1, 0.15) is 30.7 Å². The van der Waals surface area contributed by atoms with Crippen molar-refractivity contribution in [3.63, 3.8) is 0 Å². The van der Waals surface area contributed by atoms with Gasteiger partial charge in [0.25, 0.3) is 0 Å². The molecule has 3 rings (SSSR count). The normalized spacial score (nSPS) is 24.4. The molecule has 1 N–H and O–H groups in total. The Hall–Kier alpha value is -1.16. The van der Waals surface area contributed by atoms with Crippen LogP contribution in [0, 0.1) is 19.8 Å². The number of aromatic nitrogens is 2. The smallest absolute Gasteiger partial charge is 0.223 e. The van der Waals surface area contributed by atoms with Crippen LogP contribution in [-0.2, 0) is 0 Å². The minimum atomic E-state index is 0.759. The van der Waals surface area contributed by atoms with Crippen LogP contribution >= 0.6 is 0 Å². The lowest BCUT2D eigenvalue weighted by atomic mass is 10.1. The molecule has 1 atom stereocenters. The number of rotatable bonds is 4. The highest BCUT2D eigenvalue weighted by atomic mass is 15.2. The lowest BCUT2D eigenvalue weighted by molar-refractivity contribution is 0.316. The molecule has 1 aromatic rings. The molecule has 0 amide bonds. The summed E-state index contributed by atoms with van der Waals surface area (Å²) in [4.78, 5) is 11.5. The van der Waals surface area contributed by atoms with E-state index < -0.39 is 0 Å². The van der Waals surface area contributed by atoms with Gasteiger partial charge in [-0.15, -0.1) is 0 Å². The van der Waals surface area contributed by atoms with Crippen LogP contribution in [-0.4, -0.2) is 40.5 Å². The first-order valence-corrected chi connectivity index (χ1v) is 7.01. The van der Waals surface area contributed by atoms with E-state index in [9.17, 15) is 0 Å². The molecule has 18 heavy (non-hydrogen) atoms. The van der Waals surface area contributed by atoms with Crippen LogP contribution in [0.3, 0.4) is 0 Å². The Balaban J connectivity index is 1.51. The van der Waals surface area contributed by atoms with Crippen LogP contribution in [0.25, 0.3) is 0 Å². The van der Waals surface area contributed by atoms with E-state index in [0.29, 0.717) is 0 Å². The van der Waals surface area contributed by atoms with Gasteiger partial charge in [0.05, 0.1) is 0 Å². The first-order chi connectivity index (χ1) is 8.70. The second kappa shape index (κ2) is 4.84. The lowest BCUT2D eigenvalue weighted by Crippen LogP contribution is -2.25. The Morgan fingerprint density at radius 3 is 2.61 bits per heavy atom. The van der Waals surface area contributed by atoms with Crippen molar-refractivity contribution in [1.82, 2.24) is 14.9 Å². The van der Waals surface area contributed by atoms with Gasteiger partial charge in [-0.3, -0.25) is 0 Å². The van der Waals surface area contributed by atoms with Crippen molar-refractivity contribution in [3.05, 3.63) is 17.5 Å². The van der Waals surface area contributed by atoms with Gasteiger partial charge in [-0.2, -0.15) is 0 Å². The van der Waals surface area contributed by atoms with Crippen molar-refractivity contribution in [2.75, 3.05) is 25.0 Å². The quantitative estimate of drug-likeness (QED) is 0.882. The zero-order valence-electron chi connectivity index (χ0n) is 11.3. The molecule has 1 unspecified atom stereocenters. The van der Waals surface area contributed by atoms with Crippen LogP contribution in [0.15, 0.2) is 6.07 Å². The van der Waals surface area contributed by atoms with Crippen molar-refractivity contribution in [1.29, 1.82) is 0 Å². The Morgan fingerprint density at radius 1 is 1.22 bits per heavy atom. The molecular weight excluding hydrogens is 224 g/mol. The second-order valence-electron chi connectivity index (χ2n) is 5.74. The summed E-state index contributed by atoms with van der Waals surface area (Å²) in [6, 6.07) is 2.92. The summed E-state index contributed by atoms with van der Waals surface area (Å²) in [5.41, 5.74) is 2.08. The predicted molar refractivity (Wildman–Crippen MR) is 72.7 cm³/mol. The van der Waals surface area contributed by atoms with Crippen molar-refractivity contribution in [2.45, 2.75) is 39.2 Å². The largest absolute Gasteiger partial charge is 0.354 e. The molecule has 4 nitrogen and oxygen atoms in total. The summed E-state index contributed by atoms with van der Waals surface area (Å²) in [6.07, 6.45) is 4.15. The third kappa shape index (κ3) is 2.80. The van der Waals surface area contributed by atoms with Crippen molar-refractivity contribution >= 4 is 5.95 Å². The van der Waals surface area contributed by atoms with Gasteiger partial charge >= 0.3 is 0 Å². The highest BCUT2D eigenvalue weighted by Gasteiger charge is 2.34. The van der Waals surface area contributed by atoms with E-state index in [1.54, 1.807) is 0 Å². The molecule has 1 aliphatic heterocycles. The van der Waals surface area contributed by atoms with Gasteiger partial charge in [0.1, 0.15) is 0 Å². The first kappa shape index (κ1) is 11.9. The summed E-state index contributed by atoms with van der Waals surface area (Å²) in [6.45, 7) is 7.58. The molecule has 0 radical (unpaired) electrons.